The summed E-state index contributed by atoms with van der Waals surface area (Å²) in [6.45, 7) is 4.52. The lowest BCUT2D eigenvalue weighted by Crippen LogP contribution is -2.34. The molecule has 0 N–H and O–H groups in total. The van der Waals surface area contributed by atoms with Crippen LogP contribution in [0.5, 0.6) is 0 Å². The van der Waals surface area contributed by atoms with Crippen LogP contribution in [0.4, 0.5) is 0 Å². The van der Waals surface area contributed by atoms with E-state index in [-0.39, 0.29) is 11.9 Å². The molecule has 1 aliphatic heterocycles. The van der Waals surface area contributed by atoms with Crippen molar-refractivity contribution in [1.82, 2.24) is 24.7 Å². The Morgan fingerprint density at radius 1 is 1.32 bits per heavy atom. The lowest BCUT2D eigenvalue weighted by atomic mass is 10.2. The van der Waals surface area contributed by atoms with Gasteiger partial charge in [0.15, 0.2) is 0 Å². The SMILES string of the molecule is Cc1cc(C(=O)N(C)CCN(C)C)nc([C@H]2CCCN2C)n1. The second kappa shape index (κ2) is 7.15. The molecular formula is C16H27N5O. The number of hydrogen-bond acceptors (Lipinski definition) is 5. The number of aryl methyl sites for hydroxylation is 1. The minimum atomic E-state index is -0.0331. The van der Waals surface area contributed by atoms with Gasteiger partial charge in [0.2, 0.25) is 0 Å². The second-order valence-corrected chi connectivity index (χ2v) is 6.42. The number of hydrogen-bond donors (Lipinski definition) is 0. The first-order chi connectivity index (χ1) is 10.4. The van der Waals surface area contributed by atoms with Crippen LogP contribution < -0.4 is 0 Å². The molecule has 1 amide bonds. The Hall–Kier alpha value is -1.53. The van der Waals surface area contributed by atoms with Gasteiger partial charge < -0.3 is 9.80 Å². The fourth-order valence-corrected chi connectivity index (χ4v) is 2.73. The normalized spacial score (nSPS) is 18.9. The van der Waals surface area contributed by atoms with E-state index >= 15 is 0 Å². The van der Waals surface area contributed by atoms with Crippen molar-refractivity contribution in [3.05, 3.63) is 23.3 Å². The molecule has 122 valence electrons. The Morgan fingerprint density at radius 2 is 2.05 bits per heavy atom. The average Bonchev–Trinajstić information content (AvgIpc) is 2.89. The van der Waals surface area contributed by atoms with Gasteiger partial charge in [-0.2, -0.15) is 0 Å². The molecule has 2 rings (SSSR count). The summed E-state index contributed by atoms with van der Waals surface area (Å²) in [6, 6.07) is 2.02. The van der Waals surface area contributed by atoms with Crippen molar-refractivity contribution in [2.45, 2.75) is 25.8 Å². The number of nitrogens with zero attached hydrogens (tertiary/aromatic N) is 5. The van der Waals surface area contributed by atoms with Gasteiger partial charge in [-0.05, 0) is 53.5 Å². The van der Waals surface area contributed by atoms with Crippen LogP contribution in [0.15, 0.2) is 6.07 Å². The third kappa shape index (κ3) is 4.01. The zero-order chi connectivity index (χ0) is 16.3. The van der Waals surface area contributed by atoms with Gasteiger partial charge in [-0.25, -0.2) is 9.97 Å². The molecule has 1 atom stereocenters. The van der Waals surface area contributed by atoms with Crippen LogP contribution >= 0.6 is 0 Å². The Balaban J connectivity index is 2.16. The summed E-state index contributed by atoms with van der Waals surface area (Å²) < 4.78 is 0. The summed E-state index contributed by atoms with van der Waals surface area (Å²) in [6.07, 6.45) is 2.22. The fraction of sp³-hybridized carbons (Fsp3) is 0.688. The van der Waals surface area contributed by atoms with E-state index in [0.29, 0.717) is 12.2 Å². The number of carbonyl (C=O) groups is 1. The van der Waals surface area contributed by atoms with Gasteiger partial charge in [0.05, 0.1) is 6.04 Å². The number of carbonyl (C=O) groups excluding carboxylic acids is 1. The Labute approximate surface area is 133 Å². The highest BCUT2D eigenvalue weighted by Crippen LogP contribution is 2.28. The highest BCUT2D eigenvalue weighted by molar-refractivity contribution is 5.92. The summed E-state index contributed by atoms with van der Waals surface area (Å²) in [4.78, 5) is 27.7. The maximum atomic E-state index is 12.6. The van der Waals surface area contributed by atoms with Gasteiger partial charge in [0.25, 0.3) is 5.91 Å². The standard InChI is InChI=1S/C16H27N5O/c1-12-11-13(16(22)21(5)10-9-19(2)3)18-15(17-12)14-7-6-8-20(14)4/h11,14H,6-10H2,1-5H3/t14-/m1/s1. The molecular weight excluding hydrogens is 278 g/mol. The smallest absolute Gasteiger partial charge is 0.272 e. The number of likely N-dealkylation sites (tertiary alicyclic amines) is 1. The van der Waals surface area contributed by atoms with E-state index in [9.17, 15) is 4.79 Å². The van der Waals surface area contributed by atoms with Crippen molar-refractivity contribution in [3.8, 4) is 0 Å². The van der Waals surface area contributed by atoms with Crippen molar-refractivity contribution < 1.29 is 4.79 Å². The molecule has 0 aliphatic carbocycles. The van der Waals surface area contributed by atoms with E-state index in [4.69, 9.17) is 0 Å². The van der Waals surface area contributed by atoms with E-state index in [1.54, 1.807) is 11.0 Å². The number of aromatic nitrogens is 2. The van der Waals surface area contributed by atoms with Crippen LogP contribution in [0.3, 0.4) is 0 Å². The Morgan fingerprint density at radius 3 is 2.64 bits per heavy atom. The van der Waals surface area contributed by atoms with Crippen LogP contribution in [0.25, 0.3) is 0 Å². The summed E-state index contributed by atoms with van der Waals surface area (Å²) >= 11 is 0. The summed E-state index contributed by atoms with van der Waals surface area (Å²) in [7, 11) is 7.92. The van der Waals surface area contributed by atoms with Gasteiger partial charge >= 0.3 is 0 Å². The first-order valence-electron chi connectivity index (χ1n) is 7.84. The number of likely N-dealkylation sites (N-methyl/N-ethyl adjacent to an activating group) is 2. The van der Waals surface area contributed by atoms with Crippen molar-refractivity contribution in [2.75, 3.05) is 47.8 Å². The van der Waals surface area contributed by atoms with E-state index < -0.39 is 0 Å². The molecule has 6 nitrogen and oxygen atoms in total. The van der Waals surface area contributed by atoms with Gasteiger partial charge in [0, 0.05) is 25.8 Å². The maximum Gasteiger partial charge on any atom is 0.272 e. The van der Waals surface area contributed by atoms with Gasteiger partial charge in [-0.1, -0.05) is 0 Å². The molecule has 1 aromatic rings. The third-order valence-corrected chi connectivity index (χ3v) is 4.14. The predicted molar refractivity (Wildman–Crippen MR) is 86.9 cm³/mol. The lowest BCUT2D eigenvalue weighted by Gasteiger charge is -2.21. The fourth-order valence-electron chi connectivity index (χ4n) is 2.73. The number of amides is 1. The van der Waals surface area contributed by atoms with Crippen LogP contribution in [0, 0.1) is 6.92 Å². The van der Waals surface area contributed by atoms with Gasteiger partial charge in [0.1, 0.15) is 11.5 Å². The van der Waals surface area contributed by atoms with E-state index in [1.807, 2.05) is 28.1 Å². The zero-order valence-electron chi connectivity index (χ0n) is 14.3. The average molecular weight is 305 g/mol. The molecule has 0 bridgehead atoms. The molecule has 1 fully saturated rings. The monoisotopic (exact) mass is 305 g/mol. The van der Waals surface area contributed by atoms with Crippen molar-refractivity contribution in [2.24, 2.45) is 0 Å². The van der Waals surface area contributed by atoms with Crippen molar-refractivity contribution in [3.63, 3.8) is 0 Å². The Bertz CT molecular complexity index is 531. The maximum absolute atomic E-state index is 12.6. The molecule has 0 saturated carbocycles. The minimum Gasteiger partial charge on any atom is -0.339 e. The number of rotatable bonds is 5. The summed E-state index contributed by atoms with van der Waals surface area (Å²) in [5.41, 5.74) is 1.36. The minimum absolute atomic E-state index is 0.0331. The zero-order valence-corrected chi connectivity index (χ0v) is 14.3. The van der Waals surface area contributed by atoms with Crippen LogP contribution in [0.1, 0.15) is 40.9 Å². The molecule has 2 heterocycles. The topological polar surface area (TPSA) is 52.6 Å². The van der Waals surface area contributed by atoms with Crippen LogP contribution in [0.2, 0.25) is 0 Å². The largest absolute Gasteiger partial charge is 0.339 e. The first kappa shape index (κ1) is 16.8. The molecule has 1 saturated heterocycles. The Kier molecular flexibility index (Phi) is 5.47. The predicted octanol–water partition coefficient (Wildman–Crippen LogP) is 1.19. The molecule has 0 spiro atoms. The van der Waals surface area contributed by atoms with E-state index in [2.05, 4.69) is 26.8 Å². The molecule has 0 aromatic carbocycles. The third-order valence-electron chi connectivity index (χ3n) is 4.14. The lowest BCUT2D eigenvalue weighted by molar-refractivity contribution is 0.0779. The molecule has 22 heavy (non-hydrogen) atoms. The molecule has 0 unspecified atom stereocenters. The molecule has 6 heteroatoms. The summed E-state index contributed by atoms with van der Waals surface area (Å²) in [5, 5.41) is 0. The van der Waals surface area contributed by atoms with Crippen LogP contribution in [-0.4, -0.2) is 78.4 Å². The van der Waals surface area contributed by atoms with Gasteiger partial charge in [-0.15, -0.1) is 0 Å². The highest BCUT2D eigenvalue weighted by Gasteiger charge is 2.26. The molecule has 1 aliphatic rings. The quantitative estimate of drug-likeness (QED) is 0.818. The molecule has 0 radical (unpaired) electrons. The first-order valence-corrected chi connectivity index (χ1v) is 7.84. The summed E-state index contributed by atoms with van der Waals surface area (Å²) in [5.74, 6) is 0.749. The highest BCUT2D eigenvalue weighted by atomic mass is 16.2. The molecule has 1 aromatic heterocycles. The van der Waals surface area contributed by atoms with Crippen molar-refractivity contribution in [1.29, 1.82) is 0 Å². The van der Waals surface area contributed by atoms with Crippen molar-refractivity contribution >= 4 is 5.91 Å². The van der Waals surface area contributed by atoms with E-state index in [0.717, 1.165) is 37.4 Å². The van der Waals surface area contributed by atoms with E-state index in [1.165, 1.54) is 0 Å². The van der Waals surface area contributed by atoms with Gasteiger partial charge in [-0.3, -0.25) is 9.69 Å². The second-order valence-electron chi connectivity index (χ2n) is 6.42. The van der Waals surface area contributed by atoms with Crippen LogP contribution in [-0.2, 0) is 0 Å².